The molecule has 1 aromatic carbocycles. The van der Waals surface area contributed by atoms with Gasteiger partial charge in [0.1, 0.15) is 5.82 Å². The minimum atomic E-state index is -0.591. The van der Waals surface area contributed by atoms with Crippen LogP contribution in [0, 0.1) is 22.6 Å². The van der Waals surface area contributed by atoms with E-state index in [0.29, 0.717) is 17.0 Å². The van der Waals surface area contributed by atoms with Crippen molar-refractivity contribution >= 4 is 11.6 Å². The summed E-state index contributed by atoms with van der Waals surface area (Å²) in [5.41, 5.74) is -0.174. The van der Waals surface area contributed by atoms with Crippen molar-refractivity contribution in [2.75, 3.05) is 0 Å². The summed E-state index contributed by atoms with van der Waals surface area (Å²) in [6, 6.07) is 6.66. The molecule has 0 atom stereocenters. The molecule has 0 aliphatic rings. The van der Waals surface area contributed by atoms with Gasteiger partial charge in [0.15, 0.2) is 0 Å². The van der Waals surface area contributed by atoms with Crippen LogP contribution in [0.1, 0.15) is 19.4 Å². The molecule has 0 saturated heterocycles. The Bertz CT molecular complexity index is 359. The maximum Gasteiger partial charge on any atom is 0.127 e. The summed E-state index contributed by atoms with van der Waals surface area (Å²) >= 11 is 5.84. The first kappa shape index (κ1) is 11.0. The van der Waals surface area contributed by atoms with Gasteiger partial charge in [0.05, 0.1) is 11.5 Å². The van der Waals surface area contributed by atoms with Crippen LogP contribution >= 0.6 is 11.6 Å². The first-order chi connectivity index (χ1) is 6.46. The van der Waals surface area contributed by atoms with Crippen molar-refractivity contribution in [2.45, 2.75) is 20.3 Å². The SMILES string of the molecule is CC(C)(C#N)Cc1c(F)cccc1Cl. The Morgan fingerprint density at radius 1 is 1.50 bits per heavy atom. The fraction of sp³-hybridized carbons (Fsp3) is 0.364. The van der Waals surface area contributed by atoms with Crippen LogP contribution < -0.4 is 0 Å². The second kappa shape index (κ2) is 3.98. The molecule has 0 heterocycles. The molecule has 0 saturated carbocycles. The van der Waals surface area contributed by atoms with Crippen molar-refractivity contribution in [2.24, 2.45) is 5.41 Å². The molecule has 0 radical (unpaired) electrons. The number of rotatable bonds is 2. The Kier molecular flexibility index (Phi) is 3.13. The Balaban J connectivity index is 3.04. The number of halogens is 2. The lowest BCUT2D eigenvalue weighted by molar-refractivity contribution is 0.476. The first-order valence-corrected chi connectivity index (χ1v) is 4.68. The van der Waals surface area contributed by atoms with Gasteiger partial charge in [-0.2, -0.15) is 5.26 Å². The van der Waals surface area contributed by atoms with Crippen molar-refractivity contribution in [1.29, 1.82) is 5.26 Å². The molecule has 0 unspecified atom stereocenters. The number of nitriles is 1. The smallest absolute Gasteiger partial charge is 0.127 e. The summed E-state index contributed by atoms with van der Waals surface area (Å²) in [4.78, 5) is 0. The van der Waals surface area contributed by atoms with Crippen LogP contribution in [0.3, 0.4) is 0 Å². The maximum atomic E-state index is 13.3. The van der Waals surface area contributed by atoms with Crippen LogP contribution in [0.4, 0.5) is 4.39 Å². The van der Waals surface area contributed by atoms with E-state index in [1.807, 2.05) is 0 Å². The highest BCUT2D eigenvalue weighted by Gasteiger charge is 2.21. The molecule has 0 bridgehead atoms. The van der Waals surface area contributed by atoms with Crippen LogP contribution in [0.15, 0.2) is 18.2 Å². The first-order valence-electron chi connectivity index (χ1n) is 4.30. The summed E-state index contributed by atoms with van der Waals surface area (Å²) in [5, 5.41) is 9.20. The predicted octanol–water partition coefficient (Wildman–Crippen LogP) is 3.57. The van der Waals surface area contributed by atoms with Crippen LogP contribution in [0.25, 0.3) is 0 Å². The Morgan fingerprint density at radius 2 is 2.14 bits per heavy atom. The van der Waals surface area contributed by atoms with Crippen molar-refractivity contribution in [3.05, 3.63) is 34.6 Å². The summed E-state index contributed by atoms with van der Waals surface area (Å²) in [6.07, 6.45) is 0.328. The van der Waals surface area contributed by atoms with Gasteiger partial charge in [0, 0.05) is 10.6 Å². The largest absolute Gasteiger partial charge is 0.207 e. The van der Waals surface area contributed by atoms with E-state index >= 15 is 0 Å². The normalized spacial score (nSPS) is 11.1. The molecular weight excluding hydrogens is 201 g/mol. The molecule has 1 aromatic rings. The van der Waals surface area contributed by atoms with Gasteiger partial charge in [0.25, 0.3) is 0 Å². The van der Waals surface area contributed by atoms with Gasteiger partial charge in [-0.15, -0.1) is 0 Å². The second-order valence-electron chi connectivity index (χ2n) is 3.87. The zero-order valence-corrected chi connectivity index (χ0v) is 8.90. The molecule has 0 aliphatic carbocycles. The van der Waals surface area contributed by atoms with Gasteiger partial charge in [-0.1, -0.05) is 17.7 Å². The predicted molar refractivity (Wildman–Crippen MR) is 54.5 cm³/mol. The standard InChI is InChI=1S/C11H11ClFN/c1-11(2,7-14)6-8-9(12)4-3-5-10(8)13/h3-5H,6H2,1-2H3. The summed E-state index contributed by atoms with van der Waals surface area (Å²) in [5.74, 6) is -0.346. The fourth-order valence-corrected chi connectivity index (χ4v) is 1.41. The molecule has 0 aromatic heterocycles. The van der Waals surface area contributed by atoms with E-state index in [4.69, 9.17) is 16.9 Å². The minimum Gasteiger partial charge on any atom is -0.207 e. The van der Waals surface area contributed by atoms with E-state index in [1.165, 1.54) is 6.07 Å². The molecule has 1 rings (SSSR count). The van der Waals surface area contributed by atoms with E-state index in [-0.39, 0.29) is 5.82 Å². The van der Waals surface area contributed by atoms with E-state index < -0.39 is 5.41 Å². The van der Waals surface area contributed by atoms with Crippen LogP contribution in [-0.4, -0.2) is 0 Å². The van der Waals surface area contributed by atoms with Crippen molar-refractivity contribution in [3.8, 4) is 6.07 Å². The van der Waals surface area contributed by atoms with E-state index in [2.05, 4.69) is 6.07 Å². The second-order valence-corrected chi connectivity index (χ2v) is 4.28. The molecular formula is C11H11ClFN. The third-order valence-electron chi connectivity index (χ3n) is 1.98. The average Bonchev–Trinajstić information content (AvgIpc) is 2.12. The van der Waals surface area contributed by atoms with Gasteiger partial charge in [-0.25, -0.2) is 4.39 Å². The van der Waals surface area contributed by atoms with Crippen LogP contribution in [0.2, 0.25) is 5.02 Å². The lowest BCUT2D eigenvalue weighted by Crippen LogP contribution is -2.13. The topological polar surface area (TPSA) is 23.8 Å². The van der Waals surface area contributed by atoms with Gasteiger partial charge < -0.3 is 0 Å². The number of benzene rings is 1. The maximum absolute atomic E-state index is 13.3. The minimum absolute atomic E-state index is 0.328. The lowest BCUT2D eigenvalue weighted by atomic mass is 9.87. The van der Waals surface area contributed by atoms with Gasteiger partial charge in [-0.3, -0.25) is 0 Å². The highest BCUT2D eigenvalue weighted by atomic mass is 35.5. The third-order valence-corrected chi connectivity index (χ3v) is 2.34. The summed E-state index contributed by atoms with van der Waals surface area (Å²) in [7, 11) is 0. The fourth-order valence-electron chi connectivity index (χ4n) is 1.18. The zero-order chi connectivity index (χ0) is 10.8. The average molecular weight is 212 g/mol. The molecule has 1 nitrogen and oxygen atoms in total. The lowest BCUT2D eigenvalue weighted by Gasteiger charge is -2.16. The van der Waals surface area contributed by atoms with Crippen molar-refractivity contribution < 1.29 is 4.39 Å². The number of nitrogens with zero attached hydrogens (tertiary/aromatic N) is 1. The van der Waals surface area contributed by atoms with Crippen LogP contribution in [-0.2, 0) is 6.42 Å². The molecule has 14 heavy (non-hydrogen) atoms. The summed E-state index contributed by atoms with van der Waals surface area (Å²) < 4.78 is 13.3. The highest BCUT2D eigenvalue weighted by Crippen LogP contribution is 2.27. The van der Waals surface area contributed by atoms with E-state index in [9.17, 15) is 4.39 Å². The highest BCUT2D eigenvalue weighted by molar-refractivity contribution is 6.31. The molecule has 3 heteroatoms. The van der Waals surface area contributed by atoms with Gasteiger partial charge in [0.2, 0.25) is 0 Å². The third kappa shape index (κ3) is 2.46. The number of hydrogen-bond donors (Lipinski definition) is 0. The molecule has 0 spiro atoms. The molecule has 0 amide bonds. The Hall–Kier alpha value is -1.07. The van der Waals surface area contributed by atoms with Crippen molar-refractivity contribution in [3.63, 3.8) is 0 Å². The Labute approximate surface area is 88.1 Å². The van der Waals surface area contributed by atoms with Gasteiger partial charge in [-0.05, 0) is 32.4 Å². The van der Waals surface area contributed by atoms with Crippen molar-refractivity contribution in [1.82, 2.24) is 0 Å². The Morgan fingerprint density at radius 3 is 2.64 bits per heavy atom. The zero-order valence-electron chi connectivity index (χ0n) is 8.14. The molecule has 0 N–H and O–H groups in total. The molecule has 0 aliphatic heterocycles. The number of hydrogen-bond acceptors (Lipinski definition) is 1. The quantitative estimate of drug-likeness (QED) is 0.734. The van der Waals surface area contributed by atoms with Crippen LogP contribution in [0.5, 0.6) is 0 Å². The molecule has 0 fully saturated rings. The van der Waals surface area contributed by atoms with E-state index in [1.54, 1.807) is 26.0 Å². The molecule has 74 valence electrons. The monoisotopic (exact) mass is 211 g/mol. The van der Waals surface area contributed by atoms with Gasteiger partial charge >= 0.3 is 0 Å². The van der Waals surface area contributed by atoms with E-state index in [0.717, 1.165) is 0 Å². The summed E-state index contributed by atoms with van der Waals surface area (Å²) in [6.45, 7) is 3.52.